The van der Waals surface area contributed by atoms with E-state index in [1.165, 1.54) is 32.1 Å². The molecule has 1 aliphatic carbocycles. The molecule has 0 aromatic carbocycles. The highest BCUT2D eigenvalue weighted by molar-refractivity contribution is 4.82. The van der Waals surface area contributed by atoms with Gasteiger partial charge >= 0.3 is 0 Å². The van der Waals surface area contributed by atoms with Crippen LogP contribution in [0.15, 0.2) is 0 Å². The summed E-state index contributed by atoms with van der Waals surface area (Å²) in [6.45, 7) is 6.44. The fraction of sp³-hybridized carbons (Fsp3) is 1.00. The van der Waals surface area contributed by atoms with E-state index in [9.17, 15) is 5.11 Å². The van der Waals surface area contributed by atoms with Crippen LogP contribution in [0, 0.1) is 11.3 Å². The highest BCUT2D eigenvalue weighted by atomic mass is 16.3. The SMILES string of the molecule is CC(O)C(C)CC1(C)CCCC1. The molecule has 1 fully saturated rings. The molecule has 1 N–H and O–H groups in total. The summed E-state index contributed by atoms with van der Waals surface area (Å²) in [5.41, 5.74) is 0.538. The summed E-state index contributed by atoms with van der Waals surface area (Å²) in [4.78, 5) is 0. The van der Waals surface area contributed by atoms with Gasteiger partial charge in [0.05, 0.1) is 6.10 Å². The van der Waals surface area contributed by atoms with Crippen LogP contribution >= 0.6 is 0 Å². The first kappa shape index (κ1) is 10.0. The van der Waals surface area contributed by atoms with Crippen LogP contribution in [-0.2, 0) is 0 Å². The molecule has 12 heavy (non-hydrogen) atoms. The molecule has 1 aliphatic rings. The molecule has 0 spiro atoms. The van der Waals surface area contributed by atoms with E-state index < -0.39 is 0 Å². The summed E-state index contributed by atoms with van der Waals surface area (Å²) in [5, 5.41) is 9.40. The van der Waals surface area contributed by atoms with E-state index in [0.717, 1.165) is 0 Å². The second kappa shape index (κ2) is 3.78. The summed E-state index contributed by atoms with van der Waals surface area (Å²) < 4.78 is 0. The molecule has 0 saturated heterocycles. The van der Waals surface area contributed by atoms with Gasteiger partial charge in [0.1, 0.15) is 0 Å². The summed E-state index contributed by atoms with van der Waals surface area (Å²) in [6.07, 6.45) is 6.58. The molecule has 0 heterocycles. The molecule has 1 nitrogen and oxygen atoms in total. The minimum atomic E-state index is -0.137. The number of hydrogen-bond acceptors (Lipinski definition) is 1. The maximum atomic E-state index is 9.40. The first-order valence-electron chi connectivity index (χ1n) is 5.22. The van der Waals surface area contributed by atoms with Crippen molar-refractivity contribution < 1.29 is 5.11 Å². The molecule has 2 atom stereocenters. The Morgan fingerprint density at radius 2 is 1.75 bits per heavy atom. The zero-order valence-electron chi connectivity index (χ0n) is 8.64. The van der Waals surface area contributed by atoms with Crippen molar-refractivity contribution in [2.24, 2.45) is 11.3 Å². The first-order valence-corrected chi connectivity index (χ1v) is 5.22. The van der Waals surface area contributed by atoms with E-state index in [4.69, 9.17) is 0 Å². The van der Waals surface area contributed by atoms with Gasteiger partial charge in [-0.1, -0.05) is 26.7 Å². The lowest BCUT2D eigenvalue weighted by molar-refractivity contribution is 0.0990. The Hall–Kier alpha value is -0.0400. The van der Waals surface area contributed by atoms with Gasteiger partial charge < -0.3 is 5.11 Å². The third-order valence-corrected chi connectivity index (χ3v) is 3.45. The number of rotatable bonds is 3. The smallest absolute Gasteiger partial charge is 0.0537 e. The van der Waals surface area contributed by atoms with Crippen molar-refractivity contribution in [3.05, 3.63) is 0 Å². The molecule has 72 valence electrons. The van der Waals surface area contributed by atoms with Gasteiger partial charge in [0.15, 0.2) is 0 Å². The Bertz CT molecular complexity index is 134. The van der Waals surface area contributed by atoms with E-state index in [0.29, 0.717) is 11.3 Å². The van der Waals surface area contributed by atoms with E-state index >= 15 is 0 Å². The largest absolute Gasteiger partial charge is 0.393 e. The van der Waals surface area contributed by atoms with Crippen molar-refractivity contribution in [2.75, 3.05) is 0 Å². The van der Waals surface area contributed by atoms with Gasteiger partial charge in [-0.3, -0.25) is 0 Å². The van der Waals surface area contributed by atoms with Crippen molar-refractivity contribution in [3.8, 4) is 0 Å². The van der Waals surface area contributed by atoms with E-state index in [-0.39, 0.29) is 6.10 Å². The predicted octanol–water partition coefficient (Wildman–Crippen LogP) is 2.97. The second-order valence-corrected chi connectivity index (χ2v) is 4.94. The molecule has 0 aromatic heterocycles. The fourth-order valence-electron chi connectivity index (χ4n) is 2.38. The summed E-state index contributed by atoms with van der Waals surface area (Å²) in [7, 11) is 0. The standard InChI is InChI=1S/C11H22O/c1-9(10(2)12)8-11(3)6-4-5-7-11/h9-10,12H,4-8H2,1-3H3. The van der Waals surface area contributed by atoms with Gasteiger partial charge in [-0.05, 0) is 37.5 Å². The molecule has 0 bridgehead atoms. The lowest BCUT2D eigenvalue weighted by atomic mass is 9.79. The van der Waals surface area contributed by atoms with Gasteiger partial charge in [0, 0.05) is 0 Å². The van der Waals surface area contributed by atoms with Crippen molar-refractivity contribution >= 4 is 0 Å². The van der Waals surface area contributed by atoms with Crippen LogP contribution in [0.25, 0.3) is 0 Å². The van der Waals surface area contributed by atoms with Gasteiger partial charge in [-0.15, -0.1) is 0 Å². The molecule has 1 heteroatoms. The zero-order chi connectivity index (χ0) is 9.19. The van der Waals surface area contributed by atoms with Gasteiger partial charge in [0.2, 0.25) is 0 Å². The molecule has 1 saturated carbocycles. The van der Waals surface area contributed by atoms with Crippen LogP contribution < -0.4 is 0 Å². The monoisotopic (exact) mass is 170 g/mol. The average Bonchev–Trinajstić information content (AvgIpc) is 2.35. The molecular weight excluding hydrogens is 148 g/mol. The third kappa shape index (κ3) is 2.48. The lowest BCUT2D eigenvalue weighted by Crippen LogP contribution is -2.22. The molecule has 0 aliphatic heterocycles. The lowest BCUT2D eigenvalue weighted by Gasteiger charge is -2.28. The quantitative estimate of drug-likeness (QED) is 0.690. The Morgan fingerprint density at radius 1 is 1.25 bits per heavy atom. The van der Waals surface area contributed by atoms with Crippen LogP contribution in [0.5, 0.6) is 0 Å². The fourth-order valence-corrected chi connectivity index (χ4v) is 2.38. The van der Waals surface area contributed by atoms with Gasteiger partial charge in [-0.25, -0.2) is 0 Å². The summed E-state index contributed by atoms with van der Waals surface area (Å²) in [5.74, 6) is 0.466. The molecule has 0 radical (unpaired) electrons. The van der Waals surface area contributed by atoms with Crippen LogP contribution in [0.2, 0.25) is 0 Å². The summed E-state index contributed by atoms with van der Waals surface area (Å²) >= 11 is 0. The molecule has 2 unspecified atom stereocenters. The Balaban J connectivity index is 2.38. The summed E-state index contributed by atoms with van der Waals surface area (Å²) in [6, 6.07) is 0. The van der Waals surface area contributed by atoms with E-state index in [1.807, 2.05) is 6.92 Å². The maximum Gasteiger partial charge on any atom is 0.0537 e. The van der Waals surface area contributed by atoms with Crippen LogP contribution in [0.4, 0.5) is 0 Å². The normalized spacial score (nSPS) is 27.0. The Kier molecular flexibility index (Phi) is 3.16. The zero-order valence-corrected chi connectivity index (χ0v) is 8.64. The Morgan fingerprint density at radius 3 is 2.17 bits per heavy atom. The van der Waals surface area contributed by atoms with Gasteiger partial charge in [-0.2, -0.15) is 0 Å². The van der Waals surface area contributed by atoms with Crippen LogP contribution in [-0.4, -0.2) is 11.2 Å². The van der Waals surface area contributed by atoms with Gasteiger partial charge in [0.25, 0.3) is 0 Å². The molecule has 0 amide bonds. The molecular formula is C11H22O. The molecule has 1 rings (SSSR count). The third-order valence-electron chi connectivity index (χ3n) is 3.45. The van der Waals surface area contributed by atoms with E-state index in [1.54, 1.807) is 0 Å². The second-order valence-electron chi connectivity index (χ2n) is 4.94. The number of hydrogen-bond donors (Lipinski definition) is 1. The van der Waals surface area contributed by atoms with Crippen LogP contribution in [0.1, 0.15) is 52.9 Å². The minimum absolute atomic E-state index is 0.137. The average molecular weight is 170 g/mol. The maximum absolute atomic E-state index is 9.40. The number of aliphatic hydroxyl groups is 1. The first-order chi connectivity index (χ1) is 5.53. The molecule has 0 aromatic rings. The highest BCUT2D eigenvalue weighted by Gasteiger charge is 2.31. The minimum Gasteiger partial charge on any atom is -0.393 e. The van der Waals surface area contributed by atoms with Crippen molar-refractivity contribution in [2.45, 2.75) is 59.0 Å². The number of aliphatic hydroxyl groups excluding tert-OH is 1. The topological polar surface area (TPSA) is 20.2 Å². The van der Waals surface area contributed by atoms with Crippen molar-refractivity contribution in [1.82, 2.24) is 0 Å². The van der Waals surface area contributed by atoms with Crippen molar-refractivity contribution in [1.29, 1.82) is 0 Å². The predicted molar refractivity (Wildman–Crippen MR) is 52.0 cm³/mol. The van der Waals surface area contributed by atoms with Crippen LogP contribution in [0.3, 0.4) is 0 Å². The van der Waals surface area contributed by atoms with E-state index in [2.05, 4.69) is 13.8 Å². The highest BCUT2D eigenvalue weighted by Crippen LogP contribution is 2.42. The van der Waals surface area contributed by atoms with Crippen molar-refractivity contribution in [3.63, 3.8) is 0 Å². The Labute approximate surface area is 76.2 Å².